The highest BCUT2D eigenvalue weighted by Crippen LogP contribution is 2.14. The normalized spacial score (nSPS) is 13.2. The first-order valence-electron chi connectivity index (χ1n) is 5.85. The van der Waals surface area contributed by atoms with Crippen LogP contribution in [0.4, 0.5) is 0 Å². The van der Waals surface area contributed by atoms with Gasteiger partial charge in [-0.05, 0) is 30.7 Å². The molecule has 19 heavy (non-hydrogen) atoms. The summed E-state index contributed by atoms with van der Waals surface area (Å²) in [5.74, 6) is -1.72. The number of halogens is 1. The quantitative estimate of drug-likeness (QED) is 0.808. The summed E-state index contributed by atoms with van der Waals surface area (Å²) in [5, 5.41) is 9.39. The number of hydrogen-bond acceptors (Lipinski definition) is 3. The lowest BCUT2D eigenvalue weighted by Gasteiger charge is -2.12. The van der Waals surface area contributed by atoms with Gasteiger partial charge < -0.3 is 5.11 Å². The fourth-order valence-electron chi connectivity index (χ4n) is 1.57. The number of benzene rings is 1. The molecule has 0 aliphatic heterocycles. The zero-order valence-electron chi connectivity index (χ0n) is 10.5. The second-order valence-electron chi connectivity index (χ2n) is 4.13. The molecule has 0 amide bonds. The first-order valence-corrected chi connectivity index (χ1v) is 7.71. The van der Waals surface area contributed by atoms with E-state index in [0.29, 0.717) is 17.9 Å². The van der Waals surface area contributed by atoms with Gasteiger partial charge in [0.2, 0.25) is 10.0 Å². The monoisotopic (exact) mass is 305 g/mol. The van der Waals surface area contributed by atoms with E-state index in [9.17, 15) is 13.2 Å². The summed E-state index contributed by atoms with van der Waals surface area (Å²) < 4.78 is 26.2. The molecule has 7 heteroatoms. The topological polar surface area (TPSA) is 83.5 Å². The van der Waals surface area contributed by atoms with Gasteiger partial charge in [0.15, 0.2) is 0 Å². The van der Waals surface area contributed by atoms with Gasteiger partial charge >= 0.3 is 5.97 Å². The van der Waals surface area contributed by atoms with Crippen LogP contribution in [0.15, 0.2) is 29.2 Å². The van der Waals surface area contributed by atoms with E-state index >= 15 is 0 Å². The molecule has 106 valence electrons. The van der Waals surface area contributed by atoms with Crippen molar-refractivity contribution in [3.05, 3.63) is 29.3 Å². The van der Waals surface area contributed by atoms with Gasteiger partial charge in [0.1, 0.15) is 0 Å². The Bertz CT molecular complexity index is 527. The van der Waals surface area contributed by atoms with Crippen LogP contribution in [0, 0.1) is 5.92 Å². The maximum absolute atomic E-state index is 11.9. The number of sulfonamides is 1. The maximum Gasteiger partial charge on any atom is 0.307 e. The van der Waals surface area contributed by atoms with E-state index in [4.69, 9.17) is 16.7 Å². The Morgan fingerprint density at radius 1 is 1.37 bits per heavy atom. The summed E-state index contributed by atoms with van der Waals surface area (Å²) in [6.07, 6.45) is 1.11. The number of hydrogen-bond donors (Lipinski definition) is 2. The number of carbonyl (C=O) groups is 1. The molecule has 1 aromatic rings. The standard InChI is InChI=1S/C12H16ClNO4S/c1-2-3-9(12(15)16)8-14-19(17,18)11-6-4-10(13)5-7-11/h4-7,9,14H,2-3,8H2,1H3,(H,15,16). The van der Waals surface area contributed by atoms with Crippen molar-refractivity contribution in [2.45, 2.75) is 24.7 Å². The van der Waals surface area contributed by atoms with E-state index in [-0.39, 0.29) is 11.4 Å². The third-order valence-electron chi connectivity index (χ3n) is 2.63. The third-order valence-corrected chi connectivity index (χ3v) is 4.32. The van der Waals surface area contributed by atoms with Crippen molar-refractivity contribution < 1.29 is 18.3 Å². The summed E-state index contributed by atoms with van der Waals surface area (Å²) in [6.45, 7) is 1.73. The van der Waals surface area contributed by atoms with Crippen LogP contribution in [0.1, 0.15) is 19.8 Å². The van der Waals surface area contributed by atoms with E-state index in [1.807, 2.05) is 6.92 Å². The smallest absolute Gasteiger partial charge is 0.307 e. The van der Waals surface area contributed by atoms with Gasteiger partial charge in [0.05, 0.1) is 10.8 Å². The molecule has 0 aliphatic rings. The Hall–Kier alpha value is -1.11. The third kappa shape index (κ3) is 4.81. The van der Waals surface area contributed by atoms with E-state index in [0.717, 1.165) is 0 Å². The molecule has 1 atom stereocenters. The fourth-order valence-corrected chi connectivity index (χ4v) is 2.78. The van der Waals surface area contributed by atoms with Crippen LogP contribution >= 0.6 is 11.6 Å². The van der Waals surface area contributed by atoms with Crippen molar-refractivity contribution in [2.75, 3.05) is 6.54 Å². The van der Waals surface area contributed by atoms with Crippen molar-refractivity contribution in [3.8, 4) is 0 Å². The molecule has 2 N–H and O–H groups in total. The lowest BCUT2D eigenvalue weighted by molar-refractivity contribution is -0.141. The Morgan fingerprint density at radius 2 is 1.95 bits per heavy atom. The highest BCUT2D eigenvalue weighted by atomic mass is 35.5. The predicted octanol–water partition coefficient (Wildman–Crippen LogP) is 2.12. The van der Waals surface area contributed by atoms with Crippen LogP contribution in [-0.4, -0.2) is 26.0 Å². The molecule has 1 unspecified atom stereocenters. The van der Waals surface area contributed by atoms with E-state index < -0.39 is 21.9 Å². The molecule has 0 spiro atoms. The average Bonchev–Trinajstić information content (AvgIpc) is 2.34. The lowest BCUT2D eigenvalue weighted by atomic mass is 10.1. The van der Waals surface area contributed by atoms with Crippen LogP contribution in [0.2, 0.25) is 5.02 Å². The van der Waals surface area contributed by atoms with Gasteiger partial charge in [-0.25, -0.2) is 13.1 Å². The van der Waals surface area contributed by atoms with Crippen molar-refractivity contribution in [2.24, 2.45) is 5.92 Å². The van der Waals surface area contributed by atoms with Gasteiger partial charge in [0.25, 0.3) is 0 Å². The largest absolute Gasteiger partial charge is 0.481 e. The SMILES string of the molecule is CCCC(CNS(=O)(=O)c1ccc(Cl)cc1)C(=O)O. The molecule has 1 rings (SSSR count). The second-order valence-corrected chi connectivity index (χ2v) is 6.33. The molecule has 0 fully saturated rings. The van der Waals surface area contributed by atoms with Crippen LogP contribution in [0.25, 0.3) is 0 Å². The second kappa shape index (κ2) is 6.88. The molecule has 0 saturated heterocycles. The van der Waals surface area contributed by atoms with E-state index in [1.54, 1.807) is 0 Å². The summed E-state index contributed by atoms with van der Waals surface area (Å²) in [7, 11) is -3.70. The first-order chi connectivity index (χ1) is 8.86. The van der Waals surface area contributed by atoms with Crippen molar-refractivity contribution in [1.29, 1.82) is 0 Å². The Balaban J connectivity index is 2.74. The number of rotatable bonds is 7. The molecule has 5 nitrogen and oxygen atoms in total. The minimum atomic E-state index is -3.70. The van der Waals surface area contributed by atoms with Crippen molar-refractivity contribution in [3.63, 3.8) is 0 Å². The Kier molecular flexibility index (Phi) is 5.78. The average molecular weight is 306 g/mol. The van der Waals surface area contributed by atoms with E-state index in [1.165, 1.54) is 24.3 Å². The highest BCUT2D eigenvalue weighted by Gasteiger charge is 2.20. The van der Waals surface area contributed by atoms with Crippen molar-refractivity contribution in [1.82, 2.24) is 4.72 Å². The van der Waals surface area contributed by atoms with E-state index in [2.05, 4.69) is 4.72 Å². The Morgan fingerprint density at radius 3 is 2.42 bits per heavy atom. The number of aliphatic carboxylic acids is 1. The molecule has 0 heterocycles. The maximum atomic E-state index is 11.9. The van der Waals surface area contributed by atoms with Gasteiger partial charge in [-0.2, -0.15) is 0 Å². The Labute approximate surface area is 117 Å². The number of carboxylic acid groups (broad SMARTS) is 1. The number of nitrogens with one attached hydrogen (secondary N) is 1. The summed E-state index contributed by atoms with van der Waals surface area (Å²) >= 11 is 5.68. The van der Waals surface area contributed by atoms with Crippen LogP contribution < -0.4 is 4.72 Å². The lowest BCUT2D eigenvalue weighted by Crippen LogP contribution is -2.32. The fraction of sp³-hybridized carbons (Fsp3) is 0.417. The highest BCUT2D eigenvalue weighted by molar-refractivity contribution is 7.89. The molecule has 0 saturated carbocycles. The predicted molar refractivity (Wildman–Crippen MR) is 72.7 cm³/mol. The first kappa shape index (κ1) is 15.9. The van der Waals surface area contributed by atoms with Gasteiger partial charge in [-0.1, -0.05) is 24.9 Å². The summed E-state index contributed by atoms with van der Waals surface area (Å²) in [4.78, 5) is 11.0. The summed E-state index contributed by atoms with van der Waals surface area (Å²) in [6, 6.07) is 5.69. The van der Waals surface area contributed by atoms with Gasteiger partial charge in [0, 0.05) is 11.6 Å². The zero-order chi connectivity index (χ0) is 14.5. The van der Waals surface area contributed by atoms with Crippen molar-refractivity contribution >= 4 is 27.6 Å². The number of carboxylic acids is 1. The zero-order valence-corrected chi connectivity index (χ0v) is 12.0. The molecule has 0 bridgehead atoms. The molecule has 1 aromatic carbocycles. The summed E-state index contributed by atoms with van der Waals surface area (Å²) in [5.41, 5.74) is 0. The van der Waals surface area contributed by atoms with Gasteiger partial charge in [-0.15, -0.1) is 0 Å². The minimum absolute atomic E-state index is 0.0672. The van der Waals surface area contributed by atoms with Crippen LogP contribution in [0.3, 0.4) is 0 Å². The van der Waals surface area contributed by atoms with Crippen LogP contribution in [-0.2, 0) is 14.8 Å². The molecular weight excluding hydrogens is 290 g/mol. The van der Waals surface area contributed by atoms with Crippen LogP contribution in [0.5, 0.6) is 0 Å². The molecule has 0 aromatic heterocycles. The van der Waals surface area contributed by atoms with Gasteiger partial charge in [-0.3, -0.25) is 4.79 Å². The molecular formula is C12H16ClNO4S. The molecule has 0 radical (unpaired) electrons. The molecule has 0 aliphatic carbocycles. The minimum Gasteiger partial charge on any atom is -0.481 e.